The molecule has 1 saturated heterocycles. The molecule has 2 fully saturated rings. The fourth-order valence-electron chi connectivity index (χ4n) is 3.34. The van der Waals surface area contributed by atoms with E-state index in [4.69, 9.17) is 9.47 Å². The number of hydrogen-bond acceptors (Lipinski definition) is 6. The largest absolute Gasteiger partial charge is 0.444 e. The summed E-state index contributed by atoms with van der Waals surface area (Å²) in [6.45, 7) is 7.11. The van der Waals surface area contributed by atoms with Gasteiger partial charge in [0.1, 0.15) is 5.60 Å². The molecule has 1 aliphatic carbocycles. The van der Waals surface area contributed by atoms with Gasteiger partial charge in [0.05, 0.1) is 29.4 Å². The third-order valence-electron chi connectivity index (χ3n) is 4.30. The fourth-order valence-corrected chi connectivity index (χ4v) is 3.89. The molecule has 3 rings (SSSR count). The molecule has 6 nitrogen and oxygen atoms in total. The molecule has 1 aromatic rings. The summed E-state index contributed by atoms with van der Waals surface area (Å²) >= 11 is 1.59. The van der Waals surface area contributed by atoms with Crippen molar-refractivity contribution in [3.63, 3.8) is 0 Å². The van der Waals surface area contributed by atoms with Crippen LogP contribution in [-0.2, 0) is 16.0 Å². The van der Waals surface area contributed by atoms with Crippen molar-refractivity contribution in [1.82, 2.24) is 15.6 Å². The topological polar surface area (TPSA) is 72.5 Å². The second kappa shape index (κ2) is 6.75. The first-order valence-electron chi connectivity index (χ1n) is 8.15. The van der Waals surface area contributed by atoms with E-state index in [9.17, 15) is 4.79 Å². The van der Waals surface area contributed by atoms with Gasteiger partial charge in [-0.2, -0.15) is 0 Å². The van der Waals surface area contributed by atoms with Crippen molar-refractivity contribution in [3.8, 4) is 0 Å². The molecule has 0 bridgehead atoms. The van der Waals surface area contributed by atoms with Crippen LogP contribution < -0.4 is 10.6 Å². The van der Waals surface area contributed by atoms with E-state index in [-0.39, 0.29) is 24.3 Å². The highest BCUT2D eigenvalue weighted by molar-refractivity contribution is 7.07. The van der Waals surface area contributed by atoms with Gasteiger partial charge < -0.3 is 20.1 Å². The number of nitrogens with one attached hydrogen (secondary N) is 2. The summed E-state index contributed by atoms with van der Waals surface area (Å²) in [5, 5.41) is 8.55. The first kappa shape index (κ1) is 16.7. The van der Waals surface area contributed by atoms with E-state index in [0.717, 1.165) is 25.1 Å². The zero-order valence-corrected chi connectivity index (χ0v) is 14.7. The molecule has 0 spiro atoms. The Morgan fingerprint density at radius 3 is 3.00 bits per heavy atom. The lowest BCUT2D eigenvalue weighted by Crippen LogP contribution is -2.73. The van der Waals surface area contributed by atoms with Crippen molar-refractivity contribution in [2.24, 2.45) is 5.92 Å². The van der Waals surface area contributed by atoms with Crippen LogP contribution in [0, 0.1) is 5.92 Å². The van der Waals surface area contributed by atoms with E-state index in [2.05, 4.69) is 15.6 Å². The summed E-state index contributed by atoms with van der Waals surface area (Å²) in [6.07, 6.45) is 1.95. The van der Waals surface area contributed by atoms with Gasteiger partial charge in [-0.15, -0.1) is 11.3 Å². The lowest BCUT2D eigenvalue weighted by molar-refractivity contribution is -0.128. The summed E-state index contributed by atoms with van der Waals surface area (Å²) < 4.78 is 11.3. The van der Waals surface area contributed by atoms with Crippen LogP contribution in [0.25, 0.3) is 0 Å². The summed E-state index contributed by atoms with van der Waals surface area (Å²) in [4.78, 5) is 16.4. The Kier molecular flexibility index (Phi) is 4.89. The summed E-state index contributed by atoms with van der Waals surface area (Å²) in [7, 11) is 0. The number of ether oxygens (including phenoxy) is 2. The molecule has 1 aliphatic heterocycles. The molecule has 128 valence electrons. The molecule has 2 N–H and O–H groups in total. The summed E-state index contributed by atoms with van der Waals surface area (Å²) in [6, 6.07) is 0.156. The maximum atomic E-state index is 12.1. The number of aromatic nitrogens is 1. The second-order valence-electron chi connectivity index (χ2n) is 7.20. The van der Waals surface area contributed by atoms with Crippen LogP contribution in [0.1, 0.15) is 39.3 Å². The maximum absolute atomic E-state index is 12.1. The number of amides is 1. The Labute approximate surface area is 141 Å². The van der Waals surface area contributed by atoms with Crippen LogP contribution in [0.4, 0.5) is 4.79 Å². The van der Waals surface area contributed by atoms with E-state index in [0.29, 0.717) is 12.5 Å². The van der Waals surface area contributed by atoms with Gasteiger partial charge >= 0.3 is 6.09 Å². The minimum Gasteiger partial charge on any atom is -0.444 e. The van der Waals surface area contributed by atoms with Crippen molar-refractivity contribution in [2.45, 2.75) is 63.9 Å². The molecule has 4 atom stereocenters. The van der Waals surface area contributed by atoms with Crippen LogP contribution in [-0.4, -0.2) is 41.5 Å². The van der Waals surface area contributed by atoms with Crippen molar-refractivity contribution >= 4 is 17.4 Å². The Morgan fingerprint density at radius 1 is 1.48 bits per heavy atom. The quantitative estimate of drug-likeness (QED) is 0.881. The molecule has 1 aromatic heterocycles. The third-order valence-corrected chi connectivity index (χ3v) is 4.94. The number of rotatable bonds is 4. The summed E-state index contributed by atoms with van der Waals surface area (Å²) in [5.74, 6) is 0.365. The van der Waals surface area contributed by atoms with Gasteiger partial charge in [-0.3, -0.25) is 0 Å². The number of fused-ring (bicyclic) bond motifs is 1. The Hall–Kier alpha value is -1.18. The van der Waals surface area contributed by atoms with E-state index in [1.54, 1.807) is 11.3 Å². The van der Waals surface area contributed by atoms with E-state index in [1.165, 1.54) is 0 Å². The first-order chi connectivity index (χ1) is 10.9. The van der Waals surface area contributed by atoms with Crippen LogP contribution >= 0.6 is 11.3 Å². The second-order valence-corrected chi connectivity index (χ2v) is 7.92. The van der Waals surface area contributed by atoms with Gasteiger partial charge in [0.2, 0.25) is 0 Å². The highest BCUT2D eigenvalue weighted by Gasteiger charge is 2.53. The third kappa shape index (κ3) is 4.02. The molecule has 0 radical (unpaired) electrons. The van der Waals surface area contributed by atoms with Crippen molar-refractivity contribution < 1.29 is 14.3 Å². The fraction of sp³-hybridized carbons (Fsp3) is 0.750. The molecular weight excluding hydrogens is 314 g/mol. The van der Waals surface area contributed by atoms with Crippen LogP contribution in [0.2, 0.25) is 0 Å². The number of thiazole rings is 1. The van der Waals surface area contributed by atoms with Crippen molar-refractivity contribution in [3.05, 3.63) is 16.6 Å². The van der Waals surface area contributed by atoms with Gasteiger partial charge in [0.25, 0.3) is 0 Å². The molecule has 0 aromatic carbocycles. The summed E-state index contributed by atoms with van der Waals surface area (Å²) in [5.41, 5.74) is 2.36. The van der Waals surface area contributed by atoms with Gasteiger partial charge in [0.15, 0.2) is 0 Å². The van der Waals surface area contributed by atoms with Crippen LogP contribution in [0.3, 0.4) is 0 Å². The first-order valence-corrected chi connectivity index (χ1v) is 9.10. The Balaban J connectivity index is 1.59. The molecule has 23 heavy (non-hydrogen) atoms. The minimum atomic E-state index is -0.486. The molecule has 4 unspecified atom stereocenters. The predicted octanol–water partition coefficient (Wildman–Crippen LogP) is 2.30. The Bertz CT molecular complexity index is 529. The average Bonchev–Trinajstić information content (AvgIpc) is 2.97. The van der Waals surface area contributed by atoms with Gasteiger partial charge in [0, 0.05) is 24.4 Å². The van der Waals surface area contributed by atoms with Crippen LogP contribution in [0.5, 0.6) is 0 Å². The predicted molar refractivity (Wildman–Crippen MR) is 88.4 cm³/mol. The lowest BCUT2D eigenvalue weighted by Gasteiger charge is -2.54. The zero-order chi connectivity index (χ0) is 16.4. The SMILES string of the molecule is CC(C)(C)OC(=O)NC1C2CCCOC2C1NCc1cscn1. The number of nitrogens with zero attached hydrogens (tertiary/aromatic N) is 1. The number of hydrogen-bond donors (Lipinski definition) is 2. The number of carbonyl (C=O) groups excluding carboxylic acids is 1. The van der Waals surface area contributed by atoms with Crippen molar-refractivity contribution in [2.75, 3.05) is 6.61 Å². The number of carbonyl (C=O) groups is 1. The molecule has 1 amide bonds. The molecular formula is C16H25N3O3S. The Morgan fingerprint density at radius 2 is 2.30 bits per heavy atom. The highest BCUT2D eigenvalue weighted by Crippen LogP contribution is 2.38. The smallest absolute Gasteiger partial charge is 0.407 e. The standard InChI is InChI=1S/C16H25N3O3S/c1-16(2,3)22-15(20)19-12-11-5-4-6-21-14(11)13(12)17-7-10-8-23-9-18-10/h8-9,11-14,17H,4-7H2,1-3H3,(H,19,20). The normalized spacial score (nSPS) is 30.2. The molecule has 1 saturated carbocycles. The minimum absolute atomic E-state index is 0.0498. The molecule has 2 aliphatic rings. The molecule has 2 heterocycles. The monoisotopic (exact) mass is 339 g/mol. The van der Waals surface area contributed by atoms with E-state index < -0.39 is 5.60 Å². The van der Waals surface area contributed by atoms with Crippen LogP contribution in [0.15, 0.2) is 10.9 Å². The zero-order valence-electron chi connectivity index (χ0n) is 13.9. The van der Waals surface area contributed by atoms with E-state index in [1.807, 2.05) is 31.7 Å². The van der Waals surface area contributed by atoms with E-state index >= 15 is 0 Å². The van der Waals surface area contributed by atoms with Gasteiger partial charge in [-0.05, 0) is 33.6 Å². The maximum Gasteiger partial charge on any atom is 0.407 e. The highest BCUT2D eigenvalue weighted by atomic mass is 32.1. The average molecular weight is 339 g/mol. The molecule has 7 heteroatoms. The van der Waals surface area contributed by atoms with Gasteiger partial charge in [-0.25, -0.2) is 9.78 Å². The van der Waals surface area contributed by atoms with Crippen molar-refractivity contribution in [1.29, 1.82) is 0 Å². The number of alkyl carbamates (subject to hydrolysis) is 1. The van der Waals surface area contributed by atoms with Gasteiger partial charge in [-0.1, -0.05) is 0 Å². The lowest BCUT2D eigenvalue weighted by atomic mass is 9.68.